The third-order valence-corrected chi connectivity index (χ3v) is 5.00. The Morgan fingerprint density at radius 1 is 1.04 bits per heavy atom. The molecule has 2 saturated heterocycles. The maximum Gasteiger partial charge on any atom is 0.251 e. The van der Waals surface area contributed by atoms with Crippen LogP contribution >= 0.6 is 0 Å². The highest BCUT2D eigenvalue weighted by molar-refractivity contribution is 6.22. The summed E-state index contributed by atoms with van der Waals surface area (Å²) in [6, 6.07) is 6.80. The predicted octanol–water partition coefficient (Wildman–Crippen LogP) is 1.51. The molecule has 1 aromatic carbocycles. The second-order valence-corrected chi connectivity index (χ2v) is 6.78. The highest BCUT2D eigenvalue weighted by Crippen LogP contribution is 2.24. The van der Waals surface area contributed by atoms with Crippen molar-refractivity contribution in [1.29, 1.82) is 0 Å². The SMILES string of the molecule is O=C1C[C@H](NC2CCN(c3ncccn3)CC2)C(=O)N1c1ccc(F)cc1. The first-order chi connectivity index (χ1) is 13.1. The van der Waals surface area contributed by atoms with E-state index in [0.717, 1.165) is 30.8 Å². The van der Waals surface area contributed by atoms with Crippen molar-refractivity contribution in [2.24, 2.45) is 0 Å². The molecule has 0 saturated carbocycles. The Kier molecular flexibility index (Phi) is 4.81. The second kappa shape index (κ2) is 7.40. The number of amides is 2. The molecule has 2 aliphatic heterocycles. The van der Waals surface area contributed by atoms with Gasteiger partial charge in [0.1, 0.15) is 5.82 Å². The fourth-order valence-corrected chi connectivity index (χ4v) is 3.61. The molecular formula is C19H20FN5O2. The predicted molar refractivity (Wildman–Crippen MR) is 97.7 cm³/mol. The number of hydrogen-bond acceptors (Lipinski definition) is 6. The van der Waals surface area contributed by atoms with Gasteiger partial charge in [0.05, 0.1) is 18.2 Å². The number of nitrogens with zero attached hydrogens (tertiary/aromatic N) is 4. The lowest BCUT2D eigenvalue weighted by atomic mass is 10.0. The summed E-state index contributed by atoms with van der Waals surface area (Å²) < 4.78 is 13.1. The zero-order chi connectivity index (χ0) is 18.8. The van der Waals surface area contributed by atoms with E-state index in [4.69, 9.17) is 0 Å². The van der Waals surface area contributed by atoms with Gasteiger partial charge in [-0.3, -0.25) is 9.59 Å². The van der Waals surface area contributed by atoms with Gasteiger partial charge >= 0.3 is 0 Å². The zero-order valence-corrected chi connectivity index (χ0v) is 14.7. The molecule has 0 aliphatic carbocycles. The molecule has 2 aliphatic rings. The molecule has 0 spiro atoms. The number of rotatable bonds is 4. The maximum absolute atomic E-state index is 13.1. The van der Waals surface area contributed by atoms with E-state index in [-0.39, 0.29) is 24.3 Å². The Labute approximate surface area is 156 Å². The Morgan fingerprint density at radius 2 is 1.70 bits per heavy atom. The van der Waals surface area contributed by atoms with E-state index in [1.54, 1.807) is 18.5 Å². The molecule has 2 amide bonds. The second-order valence-electron chi connectivity index (χ2n) is 6.78. The molecule has 2 aromatic rings. The van der Waals surface area contributed by atoms with Crippen LogP contribution in [0.25, 0.3) is 0 Å². The molecule has 1 atom stereocenters. The van der Waals surface area contributed by atoms with Crippen LogP contribution < -0.4 is 15.1 Å². The molecule has 1 aromatic heterocycles. The van der Waals surface area contributed by atoms with Crippen LogP contribution in [0.4, 0.5) is 16.0 Å². The fourth-order valence-electron chi connectivity index (χ4n) is 3.61. The van der Waals surface area contributed by atoms with Gasteiger partial charge in [-0.05, 0) is 43.2 Å². The van der Waals surface area contributed by atoms with Crippen molar-refractivity contribution in [3.05, 3.63) is 48.5 Å². The van der Waals surface area contributed by atoms with E-state index in [2.05, 4.69) is 20.2 Å². The summed E-state index contributed by atoms with van der Waals surface area (Å²) in [7, 11) is 0. The molecule has 0 radical (unpaired) electrons. The zero-order valence-electron chi connectivity index (χ0n) is 14.7. The molecule has 0 unspecified atom stereocenters. The molecule has 1 N–H and O–H groups in total. The van der Waals surface area contributed by atoms with Crippen LogP contribution in [-0.2, 0) is 9.59 Å². The van der Waals surface area contributed by atoms with Gasteiger partial charge in [-0.25, -0.2) is 19.3 Å². The molecule has 140 valence electrons. The van der Waals surface area contributed by atoms with Crippen LogP contribution in [0.5, 0.6) is 0 Å². The summed E-state index contributed by atoms with van der Waals surface area (Å²) in [6.45, 7) is 1.58. The van der Waals surface area contributed by atoms with Gasteiger partial charge in [0.15, 0.2) is 0 Å². The topological polar surface area (TPSA) is 78.4 Å². The monoisotopic (exact) mass is 369 g/mol. The minimum atomic E-state index is -0.535. The number of aromatic nitrogens is 2. The van der Waals surface area contributed by atoms with Crippen molar-refractivity contribution >= 4 is 23.5 Å². The fraction of sp³-hybridized carbons (Fsp3) is 0.368. The van der Waals surface area contributed by atoms with Crippen molar-refractivity contribution in [1.82, 2.24) is 15.3 Å². The number of piperidine rings is 1. The van der Waals surface area contributed by atoms with Crippen LogP contribution in [0.15, 0.2) is 42.7 Å². The van der Waals surface area contributed by atoms with Gasteiger partial charge in [0.2, 0.25) is 11.9 Å². The lowest BCUT2D eigenvalue weighted by Gasteiger charge is -2.33. The minimum absolute atomic E-state index is 0.123. The number of anilines is 2. The summed E-state index contributed by atoms with van der Waals surface area (Å²) in [5, 5.41) is 3.33. The van der Waals surface area contributed by atoms with Crippen LogP contribution in [0.2, 0.25) is 0 Å². The van der Waals surface area contributed by atoms with E-state index in [0.29, 0.717) is 11.6 Å². The van der Waals surface area contributed by atoms with Crippen LogP contribution in [0.1, 0.15) is 19.3 Å². The van der Waals surface area contributed by atoms with E-state index < -0.39 is 11.9 Å². The van der Waals surface area contributed by atoms with Gasteiger partial charge in [0, 0.05) is 31.5 Å². The average Bonchev–Trinajstić information content (AvgIpc) is 2.97. The molecular weight excluding hydrogens is 349 g/mol. The van der Waals surface area contributed by atoms with E-state index in [1.807, 2.05) is 0 Å². The van der Waals surface area contributed by atoms with Gasteiger partial charge in [-0.15, -0.1) is 0 Å². The lowest BCUT2D eigenvalue weighted by Crippen LogP contribution is -2.49. The lowest BCUT2D eigenvalue weighted by molar-refractivity contribution is -0.121. The van der Waals surface area contributed by atoms with Crippen LogP contribution in [0.3, 0.4) is 0 Å². The Hall–Kier alpha value is -2.87. The Bertz CT molecular complexity index is 822. The number of imide groups is 1. The molecule has 2 fully saturated rings. The Morgan fingerprint density at radius 3 is 2.37 bits per heavy atom. The van der Waals surface area contributed by atoms with Crippen molar-refractivity contribution in [2.45, 2.75) is 31.3 Å². The van der Waals surface area contributed by atoms with E-state index >= 15 is 0 Å². The van der Waals surface area contributed by atoms with Gasteiger partial charge in [-0.2, -0.15) is 0 Å². The Balaban J connectivity index is 1.36. The average molecular weight is 369 g/mol. The molecule has 7 nitrogen and oxygen atoms in total. The van der Waals surface area contributed by atoms with Crippen LogP contribution in [-0.4, -0.2) is 47.0 Å². The number of carbonyl (C=O) groups is 2. The van der Waals surface area contributed by atoms with Crippen molar-refractivity contribution in [2.75, 3.05) is 22.9 Å². The molecule has 0 bridgehead atoms. The standard InChI is InChI=1S/C19H20FN5O2/c20-13-2-4-15(5-3-13)25-17(26)12-16(18(25)27)23-14-6-10-24(11-7-14)19-21-8-1-9-22-19/h1-5,8-9,14,16,23H,6-7,10-12H2/t16-/m0/s1. The smallest absolute Gasteiger partial charge is 0.251 e. The van der Waals surface area contributed by atoms with E-state index in [1.165, 1.54) is 24.3 Å². The number of carbonyl (C=O) groups excluding carboxylic acids is 2. The summed E-state index contributed by atoms with van der Waals surface area (Å²) in [5.74, 6) is -0.230. The summed E-state index contributed by atoms with van der Waals surface area (Å²) >= 11 is 0. The van der Waals surface area contributed by atoms with Crippen LogP contribution in [0, 0.1) is 5.82 Å². The molecule has 27 heavy (non-hydrogen) atoms. The number of halogens is 1. The van der Waals surface area contributed by atoms with E-state index in [9.17, 15) is 14.0 Å². The summed E-state index contributed by atoms with van der Waals surface area (Å²) in [5.41, 5.74) is 0.409. The molecule has 3 heterocycles. The third-order valence-electron chi connectivity index (χ3n) is 5.00. The van der Waals surface area contributed by atoms with Crippen molar-refractivity contribution in [3.63, 3.8) is 0 Å². The van der Waals surface area contributed by atoms with Crippen molar-refractivity contribution < 1.29 is 14.0 Å². The highest BCUT2D eigenvalue weighted by atomic mass is 19.1. The first-order valence-corrected chi connectivity index (χ1v) is 9.02. The quantitative estimate of drug-likeness (QED) is 0.823. The summed E-state index contributed by atoms with van der Waals surface area (Å²) in [6.07, 6.45) is 5.25. The third kappa shape index (κ3) is 3.66. The normalized spacial score (nSPS) is 21.1. The first kappa shape index (κ1) is 17.5. The van der Waals surface area contributed by atoms with Gasteiger partial charge in [-0.1, -0.05) is 0 Å². The number of benzene rings is 1. The highest BCUT2D eigenvalue weighted by Gasteiger charge is 2.40. The number of hydrogen-bond donors (Lipinski definition) is 1. The minimum Gasteiger partial charge on any atom is -0.341 e. The molecule has 4 rings (SSSR count). The summed E-state index contributed by atoms with van der Waals surface area (Å²) in [4.78, 5) is 36.8. The van der Waals surface area contributed by atoms with Crippen molar-refractivity contribution in [3.8, 4) is 0 Å². The first-order valence-electron chi connectivity index (χ1n) is 9.02. The molecule has 8 heteroatoms. The number of nitrogens with one attached hydrogen (secondary N) is 1. The largest absolute Gasteiger partial charge is 0.341 e. The maximum atomic E-state index is 13.1. The van der Waals surface area contributed by atoms with Gasteiger partial charge < -0.3 is 10.2 Å². The van der Waals surface area contributed by atoms with Gasteiger partial charge in [0.25, 0.3) is 5.91 Å².